The van der Waals surface area contributed by atoms with Gasteiger partial charge in [0.25, 0.3) is 0 Å². The Bertz CT molecular complexity index is 846. The Balaban J connectivity index is 1.96. The molecule has 0 spiro atoms. The van der Waals surface area contributed by atoms with Gasteiger partial charge in [-0.25, -0.2) is 0 Å². The van der Waals surface area contributed by atoms with Crippen molar-refractivity contribution in [3.63, 3.8) is 0 Å². The number of amides is 2. The summed E-state index contributed by atoms with van der Waals surface area (Å²) in [6, 6.07) is 7.77. The highest BCUT2D eigenvalue weighted by Gasteiger charge is 2.06. The lowest BCUT2D eigenvalue weighted by molar-refractivity contribution is -0.122. The molecule has 1 rings (SSSR count). The van der Waals surface area contributed by atoms with Crippen LogP contribution in [-0.2, 0) is 9.59 Å². The van der Waals surface area contributed by atoms with Crippen LogP contribution in [0.5, 0.6) is 11.5 Å². The van der Waals surface area contributed by atoms with Gasteiger partial charge in [0.2, 0.25) is 11.8 Å². The molecule has 272 valence electrons. The molecule has 0 saturated carbocycles. The van der Waals surface area contributed by atoms with E-state index in [4.69, 9.17) is 9.47 Å². The molecule has 1 aromatic rings. The minimum absolute atomic E-state index is 0.112. The zero-order chi connectivity index (χ0) is 33.9. The van der Waals surface area contributed by atoms with Gasteiger partial charge in [-0.2, -0.15) is 0 Å². The number of rotatable bonds is 35. The van der Waals surface area contributed by atoms with E-state index in [0.29, 0.717) is 32.5 Å². The summed E-state index contributed by atoms with van der Waals surface area (Å²) in [7, 11) is 0. The van der Waals surface area contributed by atoms with Crippen LogP contribution in [0.2, 0.25) is 0 Å². The quantitative estimate of drug-likeness (QED) is 0.0712. The number of carbonyl (C=O) groups is 2. The summed E-state index contributed by atoms with van der Waals surface area (Å²) >= 11 is 0. The number of ether oxygens (including phenoxy) is 2. The van der Waals surface area contributed by atoms with Crippen LogP contribution in [0.25, 0.3) is 0 Å². The van der Waals surface area contributed by atoms with Gasteiger partial charge in [-0.1, -0.05) is 154 Å². The van der Waals surface area contributed by atoms with E-state index < -0.39 is 0 Å². The van der Waals surface area contributed by atoms with Gasteiger partial charge in [0.1, 0.15) is 0 Å². The molecule has 0 radical (unpaired) electrons. The predicted molar refractivity (Wildman–Crippen MR) is 199 cm³/mol. The van der Waals surface area contributed by atoms with Gasteiger partial charge in [0, 0.05) is 25.9 Å². The molecule has 2 N–H and O–H groups in total. The maximum atomic E-state index is 12.2. The highest BCUT2D eigenvalue weighted by atomic mass is 16.5. The normalized spacial score (nSPS) is 11.0. The van der Waals surface area contributed by atoms with E-state index in [1.165, 1.54) is 116 Å². The Morgan fingerprint density at radius 3 is 1.23 bits per heavy atom. The summed E-state index contributed by atoms with van der Waals surface area (Å²) in [5.41, 5.74) is 0. The van der Waals surface area contributed by atoms with E-state index >= 15 is 0 Å². The van der Waals surface area contributed by atoms with Crippen molar-refractivity contribution in [1.82, 2.24) is 10.6 Å². The third-order valence-corrected chi connectivity index (χ3v) is 8.92. The number of benzene rings is 1. The number of carbonyl (C=O) groups excluding carboxylic acids is 2. The lowest BCUT2D eigenvalue weighted by Gasteiger charge is -2.13. The molecule has 6 heteroatoms. The Hall–Kier alpha value is -2.24. The average Bonchev–Trinajstić information content (AvgIpc) is 3.08. The third-order valence-electron chi connectivity index (χ3n) is 8.92. The first-order chi connectivity index (χ1) is 23.2. The second kappa shape index (κ2) is 33.7. The fraction of sp³-hybridized carbons (Fsp3) is 0.805. The summed E-state index contributed by atoms with van der Waals surface area (Å²) < 4.78 is 12.0. The molecule has 0 aliphatic heterocycles. The van der Waals surface area contributed by atoms with Crippen molar-refractivity contribution in [2.45, 2.75) is 187 Å². The summed E-state index contributed by atoms with van der Waals surface area (Å²) in [5, 5.41) is 6.15. The Morgan fingerprint density at radius 2 is 0.787 bits per heavy atom. The van der Waals surface area contributed by atoms with Gasteiger partial charge in [-0.15, -0.1) is 0 Å². The lowest BCUT2D eigenvalue weighted by Crippen LogP contribution is -2.24. The van der Waals surface area contributed by atoms with E-state index in [2.05, 4.69) is 24.5 Å². The van der Waals surface area contributed by atoms with Crippen molar-refractivity contribution >= 4 is 11.8 Å². The summed E-state index contributed by atoms with van der Waals surface area (Å²) in [6.07, 6.45) is 32.0. The zero-order valence-corrected chi connectivity index (χ0v) is 30.9. The SMILES string of the molecule is CCCCCCCCCCCCNC(=O)CCCCCCOc1ccccc1OCCCC(=O)NCCCCCCCCCCCC. The van der Waals surface area contributed by atoms with Crippen LogP contribution in [0.1, 0.15) is 187 Å². The second-order valence-electron chi connectivity index (χ2n) is 13.5. The first kappa shape index (κ1) is 42.8. The zero-order valence-electron chi connectivity index (χ0n) is 30.9. The van der Waals surface area contributed by atoms with E-state index in [-0.39, 0.29) is 11.8 Å². The van der Waals surface area contributed by atoms with Gasteiger partial charge < -0.3 is 20.1 Å². The first-order valence-electron chi connectivity index (χ1n) is 20.0. The molecule has 2 amide bonds. The molecule has 0 aliphatic carbocycles. The van der Waals surface area contributed by atoms with E-state index in [1.807, 2.05) is 24.3 Å². The van der Waals surface area contributed by atoms with E-state index in [9.17, 15) is 9.59 Å². The smallest absolute Gasteiger partial charge is 0.220 e. The van der Waals surface area contributed by atoms with Gasteiger partial charge in [0.15, 0.2) is 11.5 Å². The van der Waals surface area contributed by atoms with Gasteiger partial charge in [-0.05, 0) is 44.2 Å². The van der Waals surface area contributed by atoms with E-state index in [1.54, 1.807) is 0 Å². The molecule has 1 aromatic carbocycles. The second-order valence-corrected chi connectivity index (χ2v) is 13.5. The maximum Gasteiger partial charge on any atom is 0.220 e. The first-order valence-corrected chi connectivity index (χ1v) is 20.0. The molecular formula is C41H74N2O4. The number of unbranched alkanes of at least 4 members (excludes halogenated alkanes) is 21. The van der Waals surface area contributed by atoms with Crippen LogP contribution < -0.4 is 20.1 Å². The molecule has 47 heavy (non-hydrogen) atoms. The van der Waals surface area contributed by atoms with Crippen LogP contribution in [0.4, 0.5) is 0 Å². The fourth-order valence-electron chi connectivity index (χ4n) is 5.88. The molecule has 0 bridgehead atoms. The van der Waals surface area contributed by atoms with Crippen molar-refractivity contribution in [3.8, 4) is 11.5 Å². The summed E-state index contributed by atoms with van der Waals surface area (Å²) in [6.45, 7) is 7.25. The monoisotopic (exact) mass is 659 g/mol. The van der Waals surface area contributed by atoms with Crippen LogP contribution in [-0.4, -0.2) is 38.1 Å². The molecule has 0 heterocycles. The average molecular weight is 659 g/mol. The molecule has 0 fully saturated rings. The third kappa shape index (κ3) is 28.5. The largest absolute Gasteiger partial charge is 0.490 e. The van der Waals surface area contributed by atoms with Crippen LogP contribution in [0.3, 0.4) is 0 Å². The van der Waals surface area contributed by atoms with Crippen molar-refractivity contribution in [2.75, 3.05) is 26.3 Å². The Labute approximate surface area is 290 Å². The predicted octanol–water partition coefficient (Wildman–Crippen LogP) is 11.2. The van der Waals surface area contributed by atoms with Gasteiger partial charge in [0.05, 0.1) is 13.2 Å². The van der Waals surface area contributed by atoms with Crippen molar-refractivity contribution in [2.24, 2.45) is 0 Å². The van der Waals surface area contributed by atoms with Crippen molar-refractivity contribution < 1.29 is 19.1 Å². The number of hydrogen-bond donors (Lipinski definition) is 2. The molecular weight excluding hydrogens is 584 g/mol. The minimum Gasteiger partial charge on any atom is -0.490 e. The van der Waals surface area contributed by atoms with Crippen molar-refractivity contribution in [3.05, 3.63) is 24.3 Å². The van der Waals surface area contributed by atoms with Gasteiger partial charge >= 0.3 is 0 Å². The van der Waals surface area contributed by atoms with E-state index in [0.717, 1.165) is 63.1 Å². The Morgan fingerprint density at radius 1 is 0.447 bits per heavy atom. The molecule has 0 saturated heterocycles. The lowest BCUT2D eigenvalue weighted by atomic mass is 10.1. The molecule has 0 atom stereocenters. The van der Waals surface area contributed by atoms with Crippen molar-refractivity contribution in [1.29, 1.82) is 0 Å². The van der Waals surface area contributed by atoms with Crippen LogP contribution in [0, 0.1) is 0 Å². The molecule has 0 unspecified atom stereocenters. The maximum absolute atomic E-state index is 12.2. The van der Waals surface area contributed by atoms with Crippen LogP contribution in [0.15, 0.2) is 24.3 Å². The topological polar surface area (TPSA) is 76.7 Å². The fourth-order valence-corrected chi connectivity index (χ4v) is 5.88. The highest BCUT2D eigenvalue weighted by molar-refractivity contribution is 5.76. The summed E-state index contributed by atoms with van der Waals surface area (Å²) in [5.74, 6) is 1.79. The van der Waals surface area contributed by atoms with Gasteiger partial charge in [-0.3, -0.25) is 9.59 Å². The Kier molecular flexibility index (Phi) is 30.6. The number of hydrogen-bond acceptors (Lipinski definition) is 4. The standard InChI is InChI=1S/C41H74N2O4/c1-3-5-7-9-11-13-15-17-20-26-34-42-40(44)32-23-19-22-28-36-46-38-30-24-25-31-39(38)47-37-29-33-41(45)43-35-27-21-18-16-14-12-10-8-6-4-2/h24-25,30-31H,3-23,26-29,32-37H2,1-2H3,(H,42,44)(H,43,45). The highest BCUT2D eigenvalue weighted by Crippen LogP contribution is 2.27. The molecule has 0 aromatic heterocycles. The van der Waals surface area contributed by atoms with Crippen LogP contribution >= 0.6 is 0 Å². The number of para-hydroxylation sites is 2. The minimum atomic E-state index is 0.112. The molecule has 6 nitrogen and oxygen atoms in total. The summed E-state index contributed by atoms with van der Waals surface area (Å²) in [4.78, 5) is 24.3. The number of nitrogens with one attached hydrogen (secondary N) is 2. The molecule has 0 aliphatic rings.